The normalized spacial score (nSPS) is 15.4. The second-order valence-electron chi connectivity index (χ2n) is 6.61. The van der Waals surface area contributed by atoms with Crippen LogP contribution in [0.2, 0.25) is 5.02 Å². The summed E-state index contributed by atoms with van der Waals surface area (Å²) in [5.41, 5.74) is 1.65. The van der Waals surface area contributed by atoms with E-state index in [2.05, 4.69) is 15.1 Å². The number of hydrogen-bond donors (Lipinski definition) is 1. The summed E-state index contributed by atoms with van der Waals surface area (Å²) in [5.74, 6) is -0.519. The van der Waals surface area contributed by atoms with Gasteiger partial charge in [-0.15, -0.1) is 11.3 Å². The first-order chi connectivity index (χ1) is 13.5. The maximum atomic E-state index is 12.4. The number of nitrogens with zero attached hydrogens (tertiary/aromatic N) is 2. The molecule has 0 aliphatic carbocycles. The quantitative estimate of drug-likeness (QED) is 0.695. The number of halogens is 1. The highest BCUT2D eigenvalue weighted by Crippen LogP contribution is 2.24. The summed E-state index contributed by atoms with van der Waals surface area (Å²) in [6.45, 7) is 6.74. The van der Waals surface area contributed by atoms with E-state index in [4.69, 9.17) is 16.3 Å². The first-order valence-corrected chi connectivity index (χ1v) is 10.5. The van der Waals surface area contributed by atoms with Crippen LogP contribution in [0.5, 0.6) is 0 Å². The summed E-state index contributed by atoms with van der Waals surface area (Å²) in [6.07, 6.45) is 0. The molecule has 150 valence electrons. The lowest BCUT2D eigenvalue weighted by Gasteiger charge is -2.34. The number of anilines is 1. The number of thiophene rings is 1. The van der Waals surface area contributed by atoms with Crippen molar-refractivity contribution < 1.29 is 14.3 Å². The Morgan fingerprint density at radius 3 is 2.46 bits per heavy atom. The lowest BCUT2D eigenvalue weighted by molar-refractivity contribution is -0.117. The van der Waals surface area contributed by atoms with Crippen LogP contribution in [-0.4, -0.2) is 61.0 Å². The molecule has 2 heterocycles. The molecule has 8 heteroatoms. The van der Waals surface area contributed by atoms with Crippen LogP contribution in [0.3, 0.4) is 0 Å². The summed E-state index contributed by atoms with van der Waals surface area (Å²) in [4.78, 5) is 28.8. The van der Waals surface area contributed by atoms with Crippen molar-refractivity contribution in [2.75, 3.05) is 44.6 Å². The molecular formula is C20H24ClN3O3S. The van der Waals surface area contributed by atoms with Crippen LogP contribution < -0.4 is 5.32 Å². The van der Waals surface area contributed by atoms with Crippen molar-refractivity contribution in [2.45, 2.75) is 13.5 Å². The molecule has 0 atom stereocenters. The molecule has 1 aromatic heterocycles. The lowest BCUT2D eigenvalue weighted by atomic mass is 10.2. The zero-order chi connectivity index (χ0) is 19.9. The van der Waals surface area contributed by atoms with Gasteiger partial charge in [0.1, 0.15) is 5.00 Å². The highest BCUT2D eigenvalue weighted by Gasteiger charge is 2.21. The molecule has 0 saturated carbocycles. The number of carbonyl (C=O) groups is 2. The number of amides is 1. The van der Waals surface area contributed by atoms with Gasteiger partial charge in [-0.2, -0.15) is 0 Å². The maximum absolute atomic E-state index is 12.4. The van der Waals surface area contributed by atoms with Gasteiger partial charge < -0.3 is 10.1 Å². The molecule has 1 amide bonds. The zero-order valence-corrected chi connectivity index (χ0v) is 17.4. The molecule has 0 unspecified atom stereocenters. The van der Waals surface area contributed by atoms with Crippen LogP contribution in [0.25, 0.3) is 0 Å². The molecule has 0 radical (unpaired) electrons. The molecule has 0 bridgehead atoms. The molecule has 1 fully saturated rings. The number of carbonyl (C=O) groups excluding carboxylic acids is 2. The van der Waals surface area contributed by atoms with E-state index in [1.165, 1.54) is 16.9 Å². The summed E-state index contributed by atoms with van der Waals surface area (Å²) >= 11 is 7.26. The van der Waals surface area contributed by atoms with Gasteiger partial charge in [0.15, 0.2) is 0 Å². The predicted octanol–water partition coefficient (Wildman–Crippen LogP) is 3.33. The zero-order valence-electron chi connectivity index (χ0n) is 15.8. The molecule has 1 aliphatic heterocycles. The minimum Gasteiger partial charge on any atom is -0.462 e. The van der Waals surface area contributed by atoms with Gasteiger partial charge in [0, 0.05) is 37.7 Å². The van der Waals surface area contributed by atoms with Crippen LogP contribution in [0.4, 0.5) is 5.00 Å². The maximum Gasteiger partial charge on any atom is 0.341 e. The Balaban J connectivity index is 1.44. The van der Waals surface area contributed by atoms with Crippen LogP contribution in [0.1, 0.15) is 22.8 Å². The van der Waals surface area contributed by atoms with Crippen molar-refractivity contribution >= 4 is 39.8 Å². The molecule has 1 aliphatic rings. The fourth-order valence-electron chi connectivity index (χ4n) is 3.10. The van der Waals surface area contributed by atoms with E-state index in [-0.39, 0.29) is 5.91 Å². The predicted molar refractivity (Wildman–Crippen MR) is 112 cm³/mol. The molecule has 1 aromatic carbocycles. The third-order valence-electron chi connectivity index (χ3n) is 4.57. The fraction of sp³-hybridized carbons (Fsp3) is 0.400. The van der Waals surface area contributed by atoms with Crippen LogP contribution in [0.15, 0.2) is 35.7 Å². The van der Waals surface area contributed by atoms with Crippen molar-refractivity contribution in [1.82, 2.24) is 9.80 Å². The van der Waals surface area contributed by atoms with Gasteiger partial charge in [0.2, 0.25) is 5.91 Å². The number of nitrogens with one attached hydrogen (secondary N) is 1. The topological polar surface area (TPSA) is 61.9 Å². The minimum absolute atomic E-state index is 0.112. The van der Waals surface area contributed by atoms with E-state index in [0.29, 0.717) is 23.7 Å². The monoisotopic (exact) mass is 421 g/mol. The first-order valence-electron chi connectivity index (χ1n) is 9.28. The standard InChI is InChI=1S/C20H24ClN3O3S/c1-2-27-20(26)17-7-12-28-19(17)22-18(25)14-24-10-8-23(9-11-24)13-15-3-5-16(21)6-4-15/h3-7,12H,2,8-11,13-14H2,1H3,(H,22,25). The van der Waals surface area contributed by atoms with Gasteiger partial charge >= 0.3 is 5.97 Å². The summed E-state index contributed by atoms with van der Waals surface area (Å²) in [6, 6.07) is 9.58. The number of piperazine rings is 1. The summed E-state index contributed by atoms with van der Waals surface area (Å²) < 4.78 is 5.02. The average molecular weight is 422 g/mol. The van der Waals surface area contributed by atoms with E-state index >= 15 is 0 Å². The van der Waals surface area contributed by atoms with Gasteiger partial charge in [-0.1, -0.05) is 23.7 Å². The van der Waals surface area contributed by atoms with E-state index < -0.39 is 5.97 Å². The Hall–Kier alpha value is -1.93. The number of ether oxygens (including phenoxy) is 1. The molecule has 1 saturated heterocycles. The number of hydrogen-bond acceptors (Lipinski definition) is 6. The smallest absolute Gasteiger partial charge is 0.341 e. The van der Waals surface area contributed by atoms with Crippen molar-refractivity contribution in [2.24, 2.45) is 0 Å². The Bertz CT molecular complexity index is 801. The number of esters is 1. The third-order valence-corrected chi connectivity index (χ3v) is 5.65. The molecule has 6 nitrogen and oxygen atoms in total. The first kappa shape index (κ1) is 20.8. The second-order valence-corrected chi connectivity index (χ2v) is 7.96. The molecular weight excluding hydrogens is 398 g/mol. The summed E-state index contributed by atoms with van der Waals surface area (Å²) in [5, 5.41) is 5.91. The van der Waals surface area contributed by atoms with Gasteiger partial charge in [-0.25, -0.2) is 4.79 Å². The molecule has 1 N–H and O–H groups in total. The van der Waals surface area contributed by atoms with E-state index in [1.807, 2.05) is 24.3 Å². The van der Waals surface area contributed by atoms with Gasteiger partial charge in [0.05, 0.1) is 18.7 Å². The molecule has 28 heavy (non-hydrogen) atoms. The fourth-order valence-corrected chi connectivity index (χ4v) is 4.02. The van der Waals surface area contributed by atoms with Crippen LogP contribution in [0, 0.1) is 0 Å². The molecule has 0 spiro atoms. The van der Waals surface area contributed by atoms with E-state index in [1.54, 1.807) is 18.4 Å². The van der Waals surface area contributed by atoms with E-state index in [0.717, 1.165) is 37.7 Å². The largest absolute Gasteiger partial charge is 0.462 e. The van der Waals surface area contributed by atoms with Crippen LogP contribution >= 0.6 is 22.9 Å². The Labute approximate surface area is 174 Å². The average Bonchev–Trinajstić information content (AvgIpc) is 3.13. The Morgan fingerprint density at radius 2 is 1.79 bits per heavy atom. The van der Waals surface area contributed by atoms with Gasteiger partial charge in [0.25, 0.3) is 0 Å². The van der Waals surface area contributed by atoms with Crippen molar-refractivity contribution in [3.8, 4) is 0 Å². The second kappa shape index (κ2) is 10.0. The molecule has 2 aromatic rings. The van der Waals surface area contributed by atoms with Crippen molar-refractivity contribution in [3.05, 3.63) is 51.9 Å². The lowest BCUT2D eigenvalue weighted by Crippen LogP contribution is -2.48. The van der Waals surface area contributed by atoms with Gasteiger partial charge in [-0.05, 0) is 36.1 Å². The highest BCUT2D eigenvalue weighted by atomic mass is 35.5. The number of benzene rings is 1. The van der Waals surface area contributed by atoms with Crippen LogP contribution in [-0.2, 0) is 16.1 Å². The Kier molecular flexibility index (Phi) is 7.44. The minimum atomic E-state index is -0.408. The summed E-state index contributed by atoms with van der Waals surface area (Å²) in [7, 11) is 0. The molecule has 3 rings (SSSR count). The SMILES string of the molecule is CCOC(=O)c1ccsc1NC(=O)CN1CCN(Cc2ccc(Cl)cc2)CC1. The van der Waals surface area contributed by atoms with Gasteiger partial charge in [-0.3, -0.25) is 14.6 Å². The number of rotatable bonds is 7. The Morgan fingerprint density at radius 1 is 1.11 bits per heavy atom. The highest BCUT2D eigenvalue weighted by molar-refractivity contribution is 7.14. The van der Waals surface area contributed by atoms with E-state index in [9.17, 15) is 9.59 Å². The van der Waals surface area contributed by atoms with Crippen molar-refractivity contribution in [1.29, 1.82) is 0 Å². The third kappa shape index (κ3) is 5.78. The van der Waals surface area contributed by atoms with Crippen molar-refractivity contribution in [3.63, 3.8) is 0 Å².